The zero-order valence-corrected chi connectivity index (χ0v) is 10.9. The molecule has 0 unspecified atom stereocenters. The first kappa shape index (κ1) is 12.4. The van der Waals surface area contributed by atoms with Crippen LogP contribution >= 0.6 is 0 Å². The summed E-state index contributed by atoms with van der Waals surface area (Å²) in [6.45, 7) is 4.44. The van der Waals surface area contributed by atoms with Gasteiger partial charge in [0.05, 0.1) is 18.4 Å². The van der Waals surface area contributed by atoms with Crippen molar-refractivity contribution in [1.29, 1.82) is 0 Å². The van der Waals surface area contributed by atoms with E-state index in [0.717, 1.165) is 17.0 Å². The van der Waals surface area contributed by atoms with Gasteiger partial charge in [0.15, 0.2) is 0 Å². The first-order valence-electron chi connectivity index (χ1n) is 5.86. The standard InChI is InChI=1S/C13H17N3O2/c1-9-12(10(2)16(3)15-9)8-14-13(17)7-11-5-4-6-18-11/h4-6H,7-8H2,1-3H3,(H,14,17). The van der Waals surface area contributed by atoms with Gasteiger partial charge in [0.1, 0.15) is 5.76 Å². The van der Waals surface area contributed by atoms with E-state index in [1.807, 2.05) is 25.6 Å². The molecule has 5 heteroatoms. The molecule has 0 radical (unpaired) electrons. The molecule has 0 aliphatic heterocycles. The first-order chi connectivity index (χ1) is 8.58. The summed E-state index contributed by atoms with van der Waals surface area (Å²) in [5.74, 6) is 0.625. The minimum Gasteiger partial charge on any atom is -0.469 e. The van der Waals surface area contributed by atoms with Crippen molar-refractivity contribution in [3.05, 3.63) is 41.1 Å². The predicted molar refractivity (Wildman–Crippen MR) is 66.9 cm³/mol. The van der Waals surface area contributed by atoms with Gasteiger partial charge >= 0.3 is 0 Å². The van der Waals surface area contributed by atoms with Crippen molar-refractivity contribution in [1.82, 2.24) is 15.1 Å². The van der Waals surface area contributed by atoms with Crippen LogP contribution in [0.3, 0.4) is 0 Å². The fourth-order valence-electron chi connectivity index (χ4n) is 1.89. The Hall–Kier alpha value is -2.04. The molecule has 0 saturated carbocycles. The van der Waals surface area contributed by atoms with Crippen molar-refractivity contribution in [2.75, 3.05) is 0 Å². The lowest BCUT2D eigenvalue weighted by Crippen LogP contribution is -2.24. The van der Waals surface area contributed by atoms with Crippen LogP contribution in [0.1, 0.15) is 22.7 Å². The largest absolute Gasteiger partial charge is 0.469 e. The number of hydrogen-bond donors (Lipinski definition) is 1. The number of aryl methyl sites for hydroxylation is 2. The van der Waals surface area contributed by atoms with Crippen molar-refractivity contribution < 1.29 is 9.21 Å². The van der Waals surface area contributed by atoms with E-state index in [1.165, 1.54) is 0 Å². The number of carbonyl (C=O) groups excluding carboxylic acids is 1. The number of amides is 1. The fraction of sp³-hybridized carbons (Fsp3) is 0.385. The molecule has 0 aliphatic carbocycles. The molecule has 96 valence electrons. The summed E-state index contributed by atoms with van der Waals surface area (Å²) < 4.78 is 6.95. The van der Waals surface area contributed by atoms with E-state index in [-0.39, 0.29) is 12.3 Å². The second-order valence-corrected chi connectivity index (χ2v) is 4.31. The lowest BCUT2D eigenvalue weighted by atomic mass is 10.2. The summed E-state index contributed by atoms with van der Waals surface area (Å²) in [4.78, 5) is 11.7. The third-order valence-electron chi connectivity index (χ3n) is 3.04. The molecule has 2 aromatic rings. The molecule has 0 saturated heterocycles. The van der Waals surface area contributed by atoms with Gasteiger partial charge in [0.2, 0.25) is 5.91 Å². The number of nitrogens with zero attached hydrogens (tertiary/aromatic N) is 2. The Labute approximate surface area is 106 Å². The minimum atomic E-state index is -0.0485. The van der Waals surface area contributed by atoms with Crippen molar-refractivity contribution in [3.63, 3.8) is 0 Å². The van der Waals surface area contributed by atoms with Gasteiger partial charge in [-0.3, -0.25) is 9.48 Å². The third kappa shape index (κ3) is 2.61. The summed E-state index contributed by atoms with van der Waals surface area (Å²) in [6.07, 6.45) is 1.84. The number of carbonyl (C=O) groups is 1. The Morgan fingerprint density at radius 2 is 2.28 bits per heavy atom. The van der Waals surface area contributed by atoms with E-state index < -0.39 is 0 Å². The molecule has 2 rings (SSSR count). The van der Waals surface area contributed by atoms with Crippen LogP contribution in [0.4, 0.5) is 0 Å². The van der Waals surface area contributed by atoms with Crippen LogP contribution in [0.15, 0.2) is 22.8 Å². The maximum Gasteiger partial charge on any atom is 0.227 e. The van der Waals surface area contributed by atoms with E-state index in [2.05, 4.69) is 10.4 Å². The van der Waals surface area contributed by atoms with Gasteiger partial charge in [-0.2, -0.15) is 5.10 Å². The SMILES string of the molecule is Cc1nn(C)c(C)c1CNC(=O)Cc1ccco1. The number of hydrogen-bond acceptors (Lipinski definition) is 3. The van der Waals surface area contributed by atoms with Crippen LogP contribution in [0.2, 0.25) is 0 Å². The number of aromatic nitrogens is 2. The van der Waals surface area contributed by atoms with Gasteiger partial charge in [0.25, 0.3) is 0 Å². The lowest BCUT2D eigenvalue weighted by Gasteiger charge is -2.04. The van der Waals surface area contributed by atoms with Gasteiger partial charge in [-0.25, -0.2) is 0 Å². The average molecular weight is 247 g/mol. The van der Waals surface area contributed by atoms with Crippen molar-refractivity contribution in [2.24, 2.45) is 7.05 Å². The molecule has 0 bridgehead atoms. The van der Waals surface area contributed by atoms with Gasteiger partial charge in [-0.15, -0.1) is 0 Å². The van der Waals surface area contributed by atoms with Crippen LogP contribution in [-0.2, 0) is 24.8 Å². The minimum absolute atomic E-state index is 0.0485. The van der Waals surface area contributed by atoms with Gasteiger partial charge in [-0.1, -0.05) is 0 Å². The quantitative estimate of drug-likeness (QED) is 0.890. The molecule has 0 atom stereocenters. The van der Waals surface area contributed by atoms with E-state index in [0.29, 0.717) is 12.3 Å². The maximum absolute atomic E-state index is 11.7. The Kier molecular flexibility index (Phi) is 3.50. The smallest absolute Gasteiger partial charge is 0.227 e. The highest BCUT2D eigenvalue weighted by atomic mass is 16.3. The predicted octanol–water partition coefficient (Wildman–Crippen LogP) is 1.49. The molecule has 0 fully saturated rings. The molecular weight excluding hydrogens is 230 g/mol. The monoisotopic (exact) mass is 247 g/mol. The summed E-state index contributed by atoms with van der Waals surface area (Å²) in [5.41, 5.74) is 3.10. The van der Waals surface area contributed by atoms with Crippen molar-refractivity contribution in [2.45, 2.75) is 26.8 Å². The molecule has 5 nitrogen and oxygen atoms in total. The third-order valence-corrected chi connectivity index (χ3v) is 3.04. The van der Waals surface area contributed by atoms with Crippen molar-refractivity contribution in [3.8, 4) is 0 Å². The lowest BCUT2D eigenvalue weighted by molar-refractivity contribution is -0.120. The van der Waals surface area contributed by atoms with Crippen LogP contribution in [0, 0.1) is 13.8 Å². The Morgan fingerprint density at radius 1 is 1.50 bits per heavy atom. The van der Waals surface area contributed by atoms with Crippen LogP contribution in [0.5, 0.6) is 0 Å². The molecule has 0 aliphatic rings. The van der Waals surface area contributed by atoms with Gasteiger partial charge < -0.3 is 9.73 Å². The summed E-state index contributed by atoms with van der Waals surface area (Å²) in [6, 6.07) is 3.57. The summed E-state index contributed by atoms with van der Waals surface area (Å²) in [7, 11) is 1.90. The highest BCUT2D eigenvalue weighted by Gasteiger charge is 2.11. The molecule has 1 N–H and O–H groups in total. The molecule has 0 aromatic carbocycles. The zero-order valence-electron chi connectivity index (χ0n) is 10.9. The highest BCUT2D eigenvalue weighted by Crippen LogP contribution is 2.11. The highest BCUT2D eigenvalue weighted by molar-refractivity contribution is 5.77. The molecule has 18 heavy (non-hydrogen) atoms. The van der Waals surface area contributed by atoms with Crippen LogP contribution in [0.25, 0.3) is 0 Å². The fourth-order valence-corrected chi connectivity index (χ4v) is 1.89. The Bertz CT molecular complexity index is 541. The van der Waals surface area contributed by atoms with Crippen molar-refractivity contribution >= 4 is 5.91 Å². The maximum atomic E-state index is 11.7. The first-order valence-corrected chi connectivity index (χ1v) is 5.86. The van der Waals surface area contributed by atoms with Crippen LogP contribution in [-0.4, -0.2) is 15.7 Å². The molecular formula is C13H17N3O2. The Balaban J connectivity index is 1.93. The second-order valence-electron chi connectivity index (χ2n) is 4.31. The molecule has 0 spiro atoms. The van der Waals surface area contributed by atoms with E-state index in [9.17, 15) is 4.79 Å². The van der Waals surface area contributed by atoms with Crippen LogP contribution < -0.4 is 5.32 Å². The van der Waals surface area contributed by atoms with Gasteiger partial charge in [0, 0.05) is 24.8 Å². The molecule has 2 heterocycles. The molecule has 2 aromatic heterocycles. The normalized spacial score (nSPS) is 10.6. The molecule has 1 amide bonds. The Morgan fingerprint density at radius 3 is 2.83 bits per heavy atom. The number of nitrogens with one attached hydrogen (secondary N) is 1. The average Bonchev–Trinajstić information content (AvgIpc) is 2.88. The second kappa shape index (κ2) is 5.08. The van der Waals surface area contributed by atoms with E-state index in [1.54, 1.807) is 18.4 Å². The van der Waals surface area contributed by atoms with E-state index in [4.69, 9.17) is 4.42 Å². The zero-order chi connectivity index (χ0) is 13.1. The van der Waals surface area contributed by atoms with E-state index >= 15 is 0 Å². The topological polar surface area (TPSA) is 60.1 Å². The summed E-state index contributed by atoms with van der Waals surface area (Å²) >= 11 is 0. The van der Waals surface area contributed by atoms with Gasteiger partial charge in [-0.05, 0) is 26.0 Å². The number of furan rings is 1. The number of rotatable bonds is 4. The summed E-state index contributed by atoms with van der Waals surface area (Å²) in [5, 5.41) is 7.19.